The molecule has 2 N–H and O–H groups in total. The number of benzene rings is 2. The number of rotatable bonds is 7. The number of ether oxygens (including phenoxy) is 1. The molecule has 0 aliphatic rings. The Morgan fingerprint density at radius 2 is 2.03 bits per heavy atom. The molecule has 0 heterocycles. The largest absolute Gasteiger partial charge is 0.493 e. The summed E-state index contributed by atoms with van der Waals surface area (Å²) in [5, 5.41) is 16.5. The highest BCUT2D eigenvalue weighted by atomic mass is 79.9. The summed E-state index contributed by atoms with van der Waals surface area (Å²) in [6, 6.07) is 9.18. The summed E-state index contributed by atoms with van der Waals surface area (Å²) in [7, 11) is 0. The molecule has 2 aromatic carbocycles. The Labute approximate surface area is 187 Å². The molecule has 0 saturated carbocycles. The van der Waals surface area contributed by atoms with Crippen molar-refractivity contribution in [3.63, 3.8) is 0 Å². The second-order valence-electron chi connectivity index (χ2n) is 6.50. The lowest BCUT2D eigenvalue weighted by Gasteiger charge is -2.14. The van der Waals surface area contributed by atoms with Gasteiger partial charge in [-0.1, -0.05) is 41.4 Å². The van der Waals surface area contributed by atoms with Gasteiger partial charge >= 0.3 is 0 Å². The number of nitrogens with zero attached hydrogens (tertiary/aromatic N) is 1. The molecule has 29 heavy (non-hydrogen) atoms. The van der Waals surface area contributed by atoms with E-state index in [0.29, 0.717) is 22.7 Å². The molecule has 0 aliphatic heterocycles. The highest BCUT2D eigenvalue weighted by molar-refractivity contribution is 9.10. The number of anilines is 1. The third-order valence-corrected chi connectivity index (χ3v) is 4.70. The molecule has 0 unspecified atom stereocenters. The zero-order valence-electron chi connectivity index (χ0n) is 15.7. The van der Waals surface area contributed by atoms with Crippen molar-refractivity contribution in [3.05, 3.63) is 61.6 Å². The van der Waals surface area contributed by atoms with Crippen molar-refractivity contribution in [2.75, 3.05) is 11.9 Å². The van der Waals surface area contributed by atoms with E-state index in [0.717, 1.165) is 6.42 Å². The predicted molar refractivity (Wildman–Crippen MR) is 121 cm³/mol. The quantitative estimate of drug-likeness (QED) is 0.294. The van der Waals surface area contributed by atoms with E-state index in [2.05, 4.69) is 40.4 Å². The molecular weight excluding hydrogens is 482 g/mol. The molecule has 0 bridgehead atoms. The number of nitro groups is 1. The van der Waals surface area contributed by atoms with Crippen LogP contribution in [0.4, 0.5) is 11.4 Å². The van der Waals surface area contributed by atoms with Gasteiger partial charge < -0.3 is 10.1 Å². The van der Waals surface area contributed by atoms with Crippen LogP contribution in [-0.2, 0) is 0 Å². The van der Waals surface area contributed by atoms with Gasteiger partial charge in [0.25, 0.3) is 11.6 Å². The smallest absolute Gasteiger partial charge is 0.294 e. The lowest BCUT2D eigenvalue weighted by molar-refractivity contribution is -0.383. The number of carbonyl (C=O) groups is 1. The van der Waals surface area contributed by atoms with Crippen molar-refractivity contribution in [3.8, 4) is 5.75 Å². The van der Waals surface area contributed by atoms with E-state index in [1.807, 2.05) is 0 Å². The summed E-state index contributed by atoms with van der Waals surface area (Å²) in [5.41, 5.74) is 0.152. The summed E-state index contributed by atoms with van der Waals surface area (Å²) in [4.78, 5) is 23.3. The van der Waals surface area contributed by atoms with Gasteiger partial charge in [-0.3, -0.25) is 20.2 Å². The van der Waals surface area contributed by atoms with E-state index >= 15 is 0 Å². The highest BCUT2D eigenvalue weighted by Crippen LogP contribution is 2.28. The van der Waals surface area contributed by atoms with E-state index in [9.17, 15) is 14.9 Å². The summed E-state index contributed by atoms with van der Waals surface area (Å²) >= 11 is 14.3. The SMILES string of the molecule is CC(C)CCOc1ccc(Br)cc1C(=O)NC(=S)Nc1ccc(Cl)cc1[N+](=O)[O-]. The third-order valence-electron chi connectivity index (χ3n) is 3.77. The molecule has 1 amide bonds. The van der Waals surface area contributed by atoms with Crippen LogP contribution in [0.1, 0.15) is 30.6 Å². The molecular formula is C19H19BrClN3O4S. The first-order valence-electron chi connectivity index (χ1n) is 8.66. The second-order valence-corrected chi connectivity index (χ2v) is 8.26. The van der Waals surface area contributed by atoms with Crippen LogP contribution in [0.5, 0.6) is 5.75 Å². The Balaban J connectivity index is 2.13. The number of nitrogens with one attached hydrogen (secondary N) is 2. The number of hydrogen-bond donors (Lipinski definition) is 2. The Morgan fingerprint density at radius 3 is 2.69 bits per heavy atom. The number of carbonyl (C=O) groups excluding carboxylic acids is 1. The average molecular weight is 501 g/mol. The van der Waals surface area contributed by atoms with Crippen LogP contribution < -0.4 is 15.4 Å². The second kappa shape index (κ2) is 10.5. The van der Waals surface area contributed by atoms with Crippen molar-refractivity contribution in [2.24, 2.45) is 5.92 Å². The lowest BCUT2D eigenvalue weighted by atomic mass is 10.1. The number of amides is 1. The van der Waals surface area contributed by atoms with Gasteiger partial charge in [0.15, 0.2) is 5.11 Å². The molecule has 0 aliphatic carbocycles. The maximum absolute atomic E-state index is 12.7. The van der Waals surface area contributed by atoms with Crippen LogP contribution in [0, 0.1) is 16.0 Å². The van der Waals surface area contributed by atoms with Crippen LogP contribution in [0.25, 0.3) is 0 Å². The molecule has 154 valence electrons. The molecule has 7 nitrogen and oxygen atoms in total. The minimum atomic E-state index is -0.590. The third kappa shape index (κ3) is 6.95. The van der Waals surface area contributed by atoms with E-state index in [1.165, 1.54) is 18.2 Å². The fourth-order valence-electron chi connectivity index (χ4n) is 2.30. The van der Waals surface area contributed by atoms with Gasteiger partial charge in [0.05, 0.1) is 17.1 Å². The van der Waals surface area contributed by atoms with Crippen molar-refractivity contribution in [1.29, 1.82) is 0 Å². The van der Waals surface area contributed by atoms with Crippen molar-refractivity contribution < 1.29 is 14.5 Å². The Kier molecular flexibility index (Phi) is 8.36. The van der Waals surface area contributed by atoms with Crippen LogP contribution in [-0.4, -0.2) is 22.5 Å². The standard InChI is InChI=1S/C19H19BrClN3O4S/c1-11(2)7-8-28-17-6-3-12(20)9-14(17)18(25)23-19(29)22-15-5-4-13(21)10-16(15)24(26)27/h3-6,9-11H,7-8H2,1-2H3,(H2,22,23,25,29). The van der Waals surface area contributed by atoms with Crippen LogP contribution >= 0.6 is 39.7 Å². The Bertz CT molecular complexity index is 940. The van der Waals surface area contributed by atoms with E-state index < -0.39 is 10.8 Å². The van der Waals surface area contributed by atoms with E-state index in [4.69, 9.17) is 28.6 Å². The highest BCUT2D eigenvalue weighted by Gasteiger charge is 2.18. The molecule has 0 radical (unpaired) electrons. The molecule has 0 fully saturated rings. The van der Waals surface area contributed by atoms with Crippen molar-refractivity contribution in [2.45, 2.75) is 20.3 Å². The first-order chi connectivity index (χ1) is 13.7. The minimum Gasteiger partial charge on any atom is -0.493 e. The fraction of sp³-hybridized carbons (Fsp3) is 0.263. The molecule has 0 spiro atoms. The molecule has 0 aromatic heterocycles. The summed E-state index contributed by atoms with van der Waals surface area (Å²) in [6.07, 6.45) is 0.845. The first kappa shape index (κ1) is 23.1. The zero-order chi connectivity index (χ0) is 21.6. The van der Waals surface area contributed by atoms with Crippen LogP contribution in [0.3, 0.4) is 0 Å². The van der Waals surface area contributed by atoms with Gasteiger partial charge in [0.2, 0.25) is 0 Å². The fourth-order valence-corrected chi connectivity index (χ4v) is 3.03. The Morgan fingerprint density at radius 1 is 1.31 bits per heavy atom. The normalized spacial score (nSPS) is 10.5. The van der Waals surface area contributed by atoms with Crippen LogP contribution in [0.2, 0.25) is 5.02 Å². The number of halogens is 2. The van der Waals surface area contributed by atoms with Crippen molar-refractivity contribution in [1.82, 2.24) is 5.32 Å². The summed E-state index contributed by atoms with van der Waals surface area (Å²) in [6.45, 7) is 4.64. The molecule has 2 rings (SSSR count). The van der Waals surface area contributed by atoms with Crippen LogP contribution in [0.15, 0.2) is 40.9 Å². The minimum absolute atomic E-state index is 0.0893. The number of nitro benzene ring substituents is 1. The summed E-state index contributed by atoms with van der Waals surface area (Å²) < 4.78 is 6.44. The molecule has 10 heteroatoms. The maximum atomic E-state index is 12.7. The number of thiocarbonyl (C=S) groups is 1. The van der Waals surface area contributed by atoms with Gasteiger partial charge in [-0.2, -0.15) is 0 Å². The molecule has 2 aromatic rings. The van der Waals surface area contributed by atoms with Gasteiger partial charge in [-0.05, 0) is 54.9 Å². The van der Waals surface area contributed by atoms with E-state index in [1.54, 1.807) is 18.2 Å². The Hall–Kier alpha value is -2.23. The average Bonchev–Trinajstić information content (AvgIpc) is 2.63. The molecule has 0 atom stereocenters. The van der Waals surface area contributed by atoms with Gasteiger partial charge in [-0.15, -0.1) is 0 Å². The number of hydrogen-bond acceptors (Lipinski definition) is 5. The first-order valence-corrected chi connectivity index (χ1v) is 10.2. The predicted octanol–water partition coefficient (Wildman–Crippen LogP) is 5.56. The molecule has 0 saturated heterocycles. The van der Waals surface area contributed by atoms with Gasteiger partial charge in [0.1, 0.15) is 11.4 Å². The lowest BCUT2D eigenvalue weighted by Crippen LogP contribution is -2.34. The topological polar surface area (TPSA) is 93.5 Å². The van der Waals surface area contributed by atoms with Gasteiger partial charge in [0, 0.05) is 15.6 Å². The summed E-state index contributed by atoms with van der Waals surface area (Å²) in [5.74, 6) is 0.390. The zero-order valence-corrected chi connectivity index (χ0v) is 18.9. The monoisotopic (exact) mass is 499 g/mol. The van der Waals surface area contributed by atoms with E-state index in [-0.39, 0.29) is 27.1 Å². The van der Waals surface area contributed by atoms with Crippen molar-refractivity contribution >= 4 is 62.1 Å². The van der Waals surface area contributed by atoms with Gasteiger partial charge in [-0.25, -0.2) is 0 Å². The maximum Gasteiger partial charge on any atom is 0.294 e.